The van der Waals surface area contributed by atoms with Crippen molar-refractivity contribution in [3.63, 3.8) is 0 Å². The number of nitrogens with zero attached hydrogens (tertiary/aromatic N) is 3. The SMILES string of the molecule is CC1=CN2C(=N)C(=Cc3cn(CCCOc4ccc(C(C)(C)C)cc4)c4ccccc34)C(=O)N=C2S1. The summed E-state index contributed by atoms with van der Waals surface area (Å²) in [6.07, 6.45) is 6.54. The molecule has 7 heteroatoms. The van der Waals surface area contributed by atoms with E-state index in [1.54, 1.807) is 11.0 Å². The topological polar surface area (TPSA) is 70.7 Å². The Hall–Kier alpha value is -3.58. The number of aromatic nitrogens is 1. The van der Waals surface area contributed by atoms with E-state index in [2.05, 4.69) is 54.7 Å². The van der Waals surface area contributed by atoms with Crippen molar-refractivity contribution in [3.05, 3.63) is 82.5 Å². The lowest BCUT2D eigenvalue weighted by Gasteiger charge is -2.22. The summed E-state index contributed by atoms with van der Waals surface area (Å²) < 4.78 is 8.18. The number of benzene rings is 2. The monoisotopic (exact) mass is 498 g/mol. The Morgan fingerprint density at radius 1 is 1.11 bits per heavy atom. The van der Waals surface area contributed by atoms with E-state index < -0.39 is 0 Å². The number of carbonyl (C=O) groups is 1. The number of aliphatic imine (C=N–C) groups is 1. The minimum absolute atomic E-state index is 0.124. The number of para-hydroxylation sites is 1. The second-order valence-electron chi connectivity index (χ2n) is 10.1. The Bertz CT molecular complexity index is 1440. The number of thioether (sulfide) groups is 1. The summed E-state index contributed by atoms with van der Waals surface area (Å²) in [5.41, 5.74) is 3.71. The van der Waals surface area contributed by atoms with Crippen molar-refractivity contribution in [1.29, 1.82) is 5.41 Å². The van der Waals surface area contributed by atoms with Crippen LogP contribution in [0.4, 0.5) is 0 Å². The second-order valence-corrected chi connectivity index (χ2v) is 11.3. The zero-order valence-electron chi connectivity index (χ0n) is 21.0. The fourth-order valence-corrected chi connectivity index (χ4v) is 5.23. The number of nitrogens with one attached hydrogen (secondary N) is 1. The zero-order chi connectivity index (χ0) is 25.4. The molecular weight excluding hydrogens is 468 g/mol. The van der Waals surface area contributed by atoms with Gasteiger partial charge >= 0.3 is 0 Å². The lowest BCUT2D eigenvalue weighted by molar-refractivity contribution is -0.114. The predicted molar refractivity (Wildman–Crippen MR) is 149 cm³/mol. The van der Waals surface area contributed by atoms with Crippen molar-refractivity contribution >= 4 is 45.7 Å². The van der Waals surface area contributed by atoms with Gasteiger partial charge in [0.15, 0.2) is 5.17 Å². The second kappa shape index (κ2) is 9.47. The number of ether oxygens (including phenoxy) is 1. The van der Waals surface area contributed by atoms with Crippen molar-refractivity contribution in [3.8, 4) is 5.75 Å². The van der Waals surface area contributed by atoms with E-state index in [0.29, 0.717) is 17.3 Å². The lowest BCUT2D eigenvalue weighted by Crippen LogP contribution is -2.35. The third kappa shape index (κ3) is 4.75. The summed E-state index contributed by atoms with van der Waals surface area (Å²) in [7, 11) is 0. The first-order chi connectivity index (χ1) is 17.2. The Kier molecular flexibility index (Phi) is 6.35. The highest BCUT2D eigenvalue weighted by atomic mass is 32.2. The molecule has 0 fully saturated rings. The molecule has 5 rings (SSSR count). The molecule has 1 amide bonds. The molecule has 3 aromatic rings. The molecule has 0 saturated carbocycles. The quantitative estimate of drug-likeness (QED) is 0.308. The van der Waals surface area contributed by atoms with Crippen LogP contribution in [-0.2, 0) is 16.8 Å². The third-order valence-corrected chi connectivity index (χ3v) is 7.24. The van der Waals surface area contributed by atoms with Crippen LogP contribution in [0.2, 0.25) is 0 Å². The lowest BCUT2D eigenvalue weighted by atomic mass is 9.87. The molecule has 6 nitrogen and oxygen atoms in total. The van der Waals surface area contributed by atoms with E-state index in [9.17, 15) is 4.79 Å². The number of aryl methyl sites for hydroxylation is 1. The van der Waals surface area contributed by atoms with Crippen LogP contribution < -0.4 is 4.74 Å². The molecule has 0 aliphatic carbocycles. The summed E-state index contributed by atoms with van der Waals surface area (Å²) >= 11 is 1.42. The minimum Gasteiger partial charge on any atom is -0.494 e. The van der Waals surface area contributed by atoms with Gasteiger partial charge in [-0.3, -0.25) is 15.1 Å². The fraction of sp³-hybridized carbons (Fsp3) is 0.276. The van der Waals surface area contributed by atoms with Crippen LogP contribution in [0.25, 0.3) is 17.0 Å². The van der Waals surface area contributed by atoms with Gasteiger partial charge in [0.2, 0.25) is 0 Å². The Labute approximate surface area is 215 Å². The number of fused-ring (bicyclic) bond motifs is 2. The first kappa shape index (κ1) is 24.1. The molecule has 0 spiro atoms. The highest BCUT2D eigenvalue weighted by molar-refractivity contribution is 8.17. The Morgan fingerprint density at radius 2 is 1.86 bits per heavy atom. The number of allylic oxidation sites excluding steroid dienone is 1. The van der Waals surface area contributed by atoms with E-state index in [0.717, 1.165) is 40.1 Å². The summed E-state index contributed by atoms with van der Waals surface area (Å²) in [4.78, 5) is 19.6. The molecule has 0 radical (unpaired) electrons. The number of carbonyl (C=O) groups excluding carboxylic acids is 1. The van der Waals surface area contributed by atoms with Crippen LogP contribution in [0.3, 0.4) is 0 Å². The summed E-state index contributed by atoms with van der Waals surface area (Å²) in [5.74, 6) is 0.672. The van der Waals surface area contributed by atoms with Crippen molar-refractivity contribution < 1.29 is 9.53 Å². The van der Waals surface area contributed by atoms with Gasteiger partial charge in [0.25, 0.3) is 5.91 Å². The van der Waals surface area contributed by atoms with E-state index in [1.165, 1.54) is 17.3 Å². The van der Waals surface area contributed by atoms with Gasteiger partial charge in [0.05, 0.1) is 12.2 Å². The molecule has 1 N–H and O–H groups in total. The van der Waals surface area contributed by atoms with Gasteiger partial charge in [-0.25, -0.2) is 0 Å². The smallest absolute Gasteiger partial charge is 0.283 e. The third-order valence-electron chi connectivity index (χ3n) is 6.34. The number of amides is 1. The van der Waals surface area contributed by atoms with Crippen LogP contribution in [0.5, 0.6) is 5.75 Å². The molecule has 1 aromatic heterocycles. The molecular formula is C29H30N4O2S. The average Bonchev–Trinajstić information content (AvgIpc) is 3.39. The van der Waals surface area contributed by atoms with Crippen LogP contribution in [0.15, 0.2) is 76.4 Å². The zero-order valence-corrected chi connectivity index (χ0v) is 21.9. The molecule has 2 aliphatic heterocycles. The molecule has 36 heavy (non-hydrogen) atoms. The van der Waals surface area contributed by atoms with Gasteiger partial charge in [-0.05, 0) is 48.6 Å². The van der Waals surface area contributed by atoms with Crippen LogP contribution in [0, 0.1) is 5.41 Å². The maximum Gasteiger partial charge on any atom is 0.283 e. The van der Waals surface area contributed by atoms with E-state index >= 15 is 0 Å². The standard InChI is InChI=1S/C29H30N4O2S/c1-19-17-33-26(30)24(27(34)31-28(33)36-19)16-20-18-32(25-9-6-5-8-23(20)25)14-7-15-35-22-12-10-21(11-13-22)29(2,3)4/h5-6,8-13,16-18,30H,7,14-15H2,1-4H3. The Balaban J connectivity index is 1.31. The number of rotatable bonds is 6. The van der Waals surface area contributed by atoms with Gasteiger partial charge in [-0.1, -0.05) is 62.9 Å². The number of amidine groups is 2. The predicted octanol–water partition coefficient (Wildman–Crippen LogP) is 6.57. The first-order valence-corrected chi connectivity index (χ1v) is 12.9. The van der Waals surface area contributed by atoms with E-state index in [-0.39, 0.29) is 17.2 Å². The van der Waals surface area contributed by atoms with Crippen LogP contribution in [-0.4, -0.2) is 33.0 Å². The largest absolute Gasteiger partial charge is 0.494 e. The molecule has 0 saturated heterocycles. The maximum absolute atomic E-state index is 12.7. The maximum atomic E-state index is 12.7. The van der Waals surface area contributed by atoms with Gasteiger partial charge < -0.3 is 9.30 Å². The fourth-order valence-electron chi connectivity index (χ4n) is 4.41. The number of hydrogen-bond acceptors (Lipinski definition) is 4. The molecule has 2 aliphatic rings. The summed E-state index contributed by atoms with van der Waals surface area (Å²) in [6.45, 7) is 9.95. The van der Waals surface area contributed by atoms with Gasteiger partial charge in [0.1, 0.15) is 11.6 Å². The van der Waals surface area contributed by atoms with Crippen molar-refractivity contribution in [1.82, 2.24) is 9.47 Å². The van der Waals surface area contributed by atoms with Gasteiger partial charge in [0, 0.05) is 40.3 Å². The molecule has 0 bridgehead atoms. The Morgan fingerprint density at radius 3 is 2.61 bits per heavy atom. The van der Waals surface area contributed by atoms with Crippen molar-refractivity contribution in [2.45, 2.75) is 46.1 Å². The summed E-state index contributed by atoms with van der Waals surface area (Å²) in [6, 6.07) is 16.5. The molecule has 3 heterocycles. The first-order valence-electron chi connectivity index (χ1n) is 12.1. The number of hydrogen-bond donors (Lipinski definition) is 1. The molecule has 0 atom stereocenters. The van der Waals surface area contributed by atoms with Crippen molar-refractivity contribution in [2.75, 3.05) is 6.61 Å². The molecule has 2 aromatic carbocycles. The highest BCUT2D eigenvalue weighted by Crippen LogP contribution is 2.33. The van der Waals surface area contributed by atoms with E-state index in [1.807, 2.05) is 43.5 Å². The van der Waals surface area contributed by atoms with Gasteiger partial charge in [-0.15, -0.1) is 0 Å². The van der Waals surface area contributed by atoms with Crippen LogP contribution in [0.1, 0.15) is 45.2 Å². The van der Waals surface area contributed by atoms with E-state index in [4.69, 9.17) is 10.1 Å². The molecule has 184 valence electrons. The minimum atomic E-state index is -0.371. The highest BCUT2D eigenvalue weighted by Gasteiger charge is 2.33. The summed E-state index contributed by atoms with van der Waals surface area (Å²) in [5, 5.41) is 10.2. The van der Waals surface area contributed by atoms with Crippen molar-refractivity contribution in [2.24, 2.45) is 4.99 Å². The van der Waals surface area contributed by atoms with Crippen LogP contribution >= 0.6 is 11.8 Å². The van der Waals surface area contributed by atoms with Gasteiger partial charge in [-0.2, -0.15) is 4.99 Å². The molecule has 0 unspecified atom stereocenters. The normalized spacial score (nSPS) is 17.0. The average molecular weight is 499 g/mol.